The van der Waals surface area contributed by atoms with Crippen LogP contribution in [-0.4, -0.2) is 24.2 Å². The third kappa shape index (κ3) is 3.93. The van der Waals surface area contributed by atoms with Crippen LogP contribution in [0, 0.1) is 0 Å². The van der Waals surface area contributed by atoms with Crippen LogP contribution in [0.1, 0.15) is 6.42 Å². The lowest BCUT2D eigenvalue weighted by Crippen LogP contribution is -2.16. The lowest BCUT2D eigenvalue weighted by molar-refractivity contribution is -0.117. The molecule has 1 heterocycles. The number of ether oxygens (including phenoxy) is 1. The summed E-state index contributed by atoms with van der Waals surface area (Å²) < 4.78 is 6.28. The van der Waals surface area contributed by atoms with Gasteiger partial charge in [0.15, 0.2) is 0 Å². The van der Waals surface area contributed by atoms with Crippen molar-refractivity contribution in [1.29, 1.82) is 0 Å². The smallest absolute Gasteiger partial charge is 0.255 e. The van der Waals surface area contributed by atoms with Gasteiger partial charge in [-0.25, -0.2) is 0 Å². The predicted molar refractivity (Wildman–Crippen MR) is 82.2 cm³/mol. The van der Waals surface area contributed by atoms with Gasteiger partial charge in [0.1, 0.15) is 0 Å². The standard InChI is InChI=1S/C15H15ClN2O3/c1-21-9-7-14(19)17-11-5-6-13(12(16)10-11)18-8-3-2-4-15(18)20/h2-6,8,10H,7,9H2,1H3,(H,17,19). The Morgan fingerprint density at radius 1 is 1.33 bits per heavy atom. The van der Waals surface area contributed by atoms with E-state index >= 15 is 0 Å². The quantitative estimate of drug-likeness (QED) is 0.923. The summed E-state index contributed by atoms with van der Waals surface area (Å²) in [4.78, 5) is 23.4. The number of nitrogens with one attached hydrogen (secondary N) is 1. The van der Waals surface area contributed by atoms with E-state index < -0.39 is 0 Å². The summed E-state index contributed by atoms with van der Waals surface area (Å²) in [6.45, 7) is 0.358. The number of hydrogen-bond acceptors (Lipinski definition) is 3. The van der Waals surface area contributed by atoms with Gasteiger partial charge in [-0.2, -0.15) is 0 Å². The van der Waals surface area contributed by atoms with E-state index in [2.05, 4.69) is 5.32 Å². The fraction of sp³-hybridized carbons (Fsp3) is 0.200. The van der Waals surface area contributed by atoms with Crippen LogP contribution in [0.4, 0.5) is 5.69 Å². The van der Waals surface area contributed by atoms with Crippen molar-refractivity contribution >= 4 is 23.2 Å². The summed E-state index contributed by atoms with van der Waals surface area (Å²) in [6.07, 6.45) is 1.91. The van der Waals surface area contributed by atoms with E-state index in [1.807, 2.05) is 0 Å². The summed E-state index contributed by atoms with van der Waals surface area (Å²) in [6, 6.07) is 9.87. The topological polar surface area (TPSA) is 60.3 Å². The van der Waals surface area contributed by atoms with Crippen LogP contribution in [0.15, 0.2) is 47.4 Å². The van der Waals surface area contributed by atoms with Crippen molar-refractivity contribution in [2.24, 2.45) is 0 Å². The van der Waals surface area contributed by atoms with Gasteiger partial charge >= 0.3 is 0 Å². The molecule has 5 nitrogen and oxygen atoms in total. The van der Waals surface area contributed by atoms with Crippen molar-refractivity contribution in [3.63, 3.8) is 0 Å². The fourth-order valence-electron chi connectivity index (χ4n) is 1.82. The maximum absolute atomic E-state index is 11.8. The Morgan fingerprint density at radius 3 is 2.81 bits per heavy atom. The van der Waals surface area contributed by atoms with Gasteiger partial charge in [0.25, 0.3) is 5.56 Å². The molecular weight excluding hydrogens is 292 g/mol. The fourth-order valence-corrected chi connectivity index (χ4v) is 2.10. The summed E-state index contributed by atoms with van der Waals surface area (Å²) in [5.74, 6) is -0.155. The summed E-state index contributed by atoms with van der Waals surface area (Å²) in [5, 5.41) is 3.10. The van der Waals surface area contributed by atoms with Gasteiger partial charge < -0.3 is 10.1 Å². The van der Waals surface area contributed by atoms with Crippen molar-refractivity contribution in [2.75, 3.05) is 19.0 Å². The molecule has 2 rings (SSSR count). The highest BCUT2D eigenvalue weighted by Gasteiger charge is 2.07. The number of benzene rings is 1. The van der Waals surface area contributed by atoms with E-state index in [0.29, 0.717) is 23.0 Å². The Balaban J connectivity index is 2.20. The maximum atomic E-state index is 11.8. The SMILES string of the molecule is COCCC(=O)Nc1ccc(-n2ccccc2=O)c(Cl)c1. The number of carbonyl (C=O) groups is 1. The van der Waals surface area contributed by atoms with E-state index in [-0.39, 0.29) is 17.9 Å². The molecule has 0 bridgehead atoms. The van der Waals surface area contributed by atoms with Crippen LogP contribution < -0.4 is 10.9 Å². The number of aromatic nitrogens is 1. The van der Waals surface area contributed by atoms with Crippen LogP contribution >= 0.6 is 11.6 Å². The number of pyridine rings is 1. The predicted octanol–water partition coefficient (Wildman–Crippen LogP) is 2.47. The van der Waals surface area contributed by atoms with Crippen LogP contribution in [-0.2, 0) is 9.53 Å². The molecule has 2 aromatic rings. The molecule has 0 aliphatic carbocycles. The van der Waals surface area contributed by atoms with Crippen LogP contribution in [0.2, 0.25) is 5.02 Å². The molecule has 1 N–H and O–H groups in total. The van der Waals surface area contributed by atoms with E-state index in [0.717, 1.165) is 0 Å². The summed E-state index contributed by atoms with van der Waals surface area (Å²) in [7, 11) is 1.54. The minimum absolute atomic E-state index is 0.155. The molecule has 1 aromatic carbocycles. The van der Waals surface area contributed by atoms with Crippen molar-refractivity contribution in [1.82, 2.24) is 4.57 Å². The maximum Gasteiger partial charge on any atom is 0.255 e. The molecule has 0 unspecified atom stereocenters. The minimum Gasteiger partial charge on any atom is -0.384 e. The van der Waals surface area contributed by atoms with Crippen LogP contribution in [0.25, 0.3) is 5.69 Å². The number of rotatable bonds is 5. The van der Waals surface area contributed by atoms with Gasteiger partial charge in [-0.05, 0) is 24.3 Å². The molecule has 0 aliphatic rings. The van der Waals surface area contributed by atoms with E-state index in [4.69, 9.17) is 16.3 Å². The highest BCUT2D eigenvalue weighted by atomic mass is 35.5. The number of hydrogen-bond donors (Lipinski definition) is 1. The number of anilines is 1. The molecular formula is C15H15ClN2O3. The zero-order chi connectivity index (χ0) is 15.2. The Labute approximate surface area is 127 Å². The lowest BCUT2D eigenvalue weighted by atomic mass is 10.2. The first-order chi connectivity index (χ1) is 10.1. The minimum atomic E-state index is -0.170. The molecule has 110 valence electrons. The molecule has 1 aromatic heterocycles. The lowest BCUT2D eigenvalue weighted by Gasteiger charge is -2.10. The number of halogens is 1. The van der Waals surface area contributed by atoms with Crippen molar-refractivity contribution in [2.45, 2.75) is 6.42 Å². The normalized spacial score (nSPS) is 10.4. The number of carbonyl (C=O) groups excluding carboxylic acids is 1. The monoisotopic (exact) mass is 306 g/mol. The van der Waals surface area contributed by atoms with E-state index in [1.54, 1.807) is 36.5 Å². The van der Waals surface area contributed by atoms with Crippen LogP contribution in [0.5, 0.6) is 0 Å². The van der Waals surface area contributed by atoms with E-state index in [9.17, 15) is 9.59 Å². The molecule has 1 amide bonds. The highest BCUT2D eigenvalue weighted by Crippen LogP contribution is 2.23. The number of amides is 1. The Morgan fingerprint density at radius 2 is 2.14 bits per heavy atom. The van der Waals surface area contributed by atoms with Crippen molar-refractivity contribution in [3.05, 3.63) is 58.0 Å². The second-order valence-electron chi connectivity index (χ2n) is 4.37. The molecule has 21 heavy (non-hydrogen) atoms. The summed E-state index contributed by atoms with van der Waals surface area (Å²) in [5.41, 5.74) is 0.974. The molecule has 0 fully saturated rings. The Bertz CT molecular complexity index is 697. The molecule has 0 atom stereocenters. The van der Waals surface area contributed by atoms with Gasteiger partial charge in [-0.1, -0.05) is 17.7 Å². The first-order valence-electron chi connectivity index (χ1n) is 6.38. The molecule has 0 saturated carbocycles. The Kier molecular flexibility index (Phi) is 5.14. The van der Waals surface area contributed by atoms with Crippen LogP contribution in [0.3, 0.4) is 0 Å². The zero-order valence-corrected chi connectivity index (χ0v) is 12.3. The van der Waals surface area contributed by atoms with Crippen molar-refractivity contribution < 1.29 is 9.53 Å². The summed E-state index contributed by atoms with van der Waals surface area (Å²) >= 11 is 6.19. The average molecular weight is 307 g/mol. The van der Waals surface area contributed by atoms with E-state index in [1.165, 1.54) is 17.7 Å². The van der Waals surface area contributed by atoms with Crippen molar-refractivity contribution in [3.8, 4) is 5.69 Å². The first kappa shape index (κ1) is 15.3. The number of methoxy groups -OCH3 is 1. The molecule has 0 radical (unpaired) electrons. The molecule has 0 saturated heterocycles. The Hall–Kier alpha value is -2.11. The zero-order valence-electron chi connectivity index (χ0n) is 11.5. The molecule has 0 aliphatic heterocycles. The average Bonchev–Trinajstić information content (AvgIpc) is 2.46. The van der Waals surface area contributed by atoms with Gasteiger partial charge in [-0.3, -0.25) is 14.2 Å². The van der Waals surface area contributed by atoms with Gasteiger partial charge in [0.2, 0.25) is 5.91 Å². The number of nitrogens with zero attached hydrogens (tertiary/aromatic N) is 1. The molecule has 6 heteroatoms. The first-order valence-corrected chi connectivity index (χ1v) is 6.76. The highest BCUT2D eigenvalue weighted by molar-refractivity contribution is 6.32. The molecule has 0 spiro atoms. The third-order valence-electron chi connectivity index (χ3n) is 2.85. The second kappa shape index (κ2) is 7.06. The van der Waals surface area contributed by atoms with Gasteiger partial charge in [-0.15, -0.1) is 0 Å². The van der Waals surface area contributed by atoms with Gasteiger partial charge in [0, 0.05) is 25.1 Å². The second-order valence-corrected chi connectivity index (χ2v) is 4.77. The van der Waals surface area contributed by atoms with Gasteiger partial charge in [0.05, 0.1) is 23.7 Å². The third-order valence-corrected chi connectivity index (χ3v) is 3.15. The largest absolute Gasteiger partial charge is 0.384 e.